The highest BCUT2D eigenvalue weighted by atomic mass is 19.4. The van der Waals surface area contributed by atoms with E-state index in [1.54, 1.807) is 0 Å². The van der Waals surface area contributed by atoms with Crippen LogP contribution < -0.4 is 0 Å². The number of likely N-dealkylation sites (tertiary alicyclic amines) is 1. The van der Waals surface area contributed by atoms with Crippen molar-refractivity contribution in [2.24, 2.45) is 5.92 Å². The van der Waals surface area contributed by atoms with E-state index < -0.39 is 12.7 Å². The molecule has 1 aliphatic heterocycles. The van der Waals surface area contributed by atoms with Gasteiger partial charge in [0.25, 0.3) is 0 Å². The third-order valence-electron chi connectivity index (χ3n) is 3.97. The minimum Gasteiger partial charge on any atom is -0.294 e. The summed E-state index contributed by atoms with van der Waals surface area (Å²) < 4.78 is 36.9. The number of nitriles is 1. The lowest BCUT2D eigenvalue weighted by Crippen LogP contribution is -2.22. The predicted molar refractivity (Wildman–Crippen MR) is 77.4 cm³/mol. The summed E-state index contributed by atoms with van der Waals surface area (Å²) in [5.41, 5.74) is 1.08. The van der Waals surface area contributed by atoms with Crippen molar-refractivity contribution in [1.82, 2.24) is 25.1 Å². The molecule has 0 N–H and O–H groups in total. The van der Waals surface area contributed by atoms with E-state index in [0.29, 0.717) is 17.9 Å². The van der Waals surface area contributed by atoms with Gasteiger partial charge in [-0.2, -0.15) is 23.2 Å². The summed E-state index contributed by atoms with van der Waals surface area (Å²) in [5.74, 6) is 0.128. The maximum Gasteiger partial charge on any atom is 0.409 e. The van der Waals surface area contributed by atoms with Crippen LogP contribution in [0.2, 0.25) is 0 Å². The highest BCUT2D eigenvalue weighted by Crippen LogP contribution is 2.32. The fourth-order valence-corrected chi connectivity index (χ4v) is 2.95. The molecule has 0 aliphatic carbocycles. The summed E-state index contributed by atoms with van der Waals surface area (Å²) in [6, 6.07) is 12.0. The van der Waals surface area contributed by atoms with Crippen LogP contribution in [0.4, 0.5) is 13.2 Å². The van der Waals surface area contributed by atoms with Crippen LogP contribution in [0, 0.1) is 17.2 Å². The zero-order valence-electron chi connectivity index (χ0n) is 12.7. The molecule has 1 aromatic carbocycles. The van der Waals surface area contributed by atoms with Crippen molar-refractivity contribution in [2.75, 3.05) is 13.1 Å². The molecule has 3 rings (SSSR count). The van der Waals surface area contributed by atoms with Gasteiger partial charge in [-0.15, -0.1) is 10.2 Å². The molecule has 0 amide bonds. The summed E-state index contributed by atoms with van der Waals surface area (Å²) in [5, 5.41) is 20.2. The topological polar surface area (TPSA) is 70.6 Å². The third-order valence-corrected chi connectivity index (χ3v) is 3.97. The van der Waals surface area contributed by atoms with Gasteiger partial charge in [0.15, 0.2) is 12.4 Å². The summed E-state index contributed by atoms with van der Waals surface area (Å²) in [6.45, 7) is 0.187. The molecule has 1 fully saturated rings. The number of hydrogen-bond acceptors (Lipinski definition) is 5. The van der Waals surface area contributed by atoms with Crippen molar-refractivity contribution in [2.45, 2.75) is 25.2 Å². The fraction of sp³-hybridized carbons (Fsp3) is 0.467. The van der Waals surface area contributed by atoms with E-state index in [1.165, 1.54) is 0 Å². The Hall–Kier alpha value is -2.47. The van der Waals surface area contributed by atoms with Gasteiger partial charge >= 0.3 is 6.18 Å². The molecule has 6 nitrogen and oxygen atoms in total. The molecule has 2 atom stereocenters. The first-order chi connectivity index (χ1) is 11.4. The van der Waals surface area contributed by atoms with E-state index in [0.717, 1.165) is 5.56 Å². The van der Waals surface area contributed by atoms with Crippen LogP contribution in [0.5, 0.6) is 0 Å². The lowest BCUT2D eigenvalue weighted by Gasteiger charge is -2.14. The van der Waals surface area contributed by atoms with Gasteiger partial charge in [-0.05, 0) is 10.8 Å². The number of hydrogen-bond donors (Lipinski definition) is 0. The van der Waals surface area contributed by atoms with Crippen LogP contribution in [0.15, 0.2) is 30.3 Å². The molecule has 1 saturated heterocycles. The number of halogens is 3. The highest BCUT2D eigenvalue weighted by Gasteiger charge is 2.34. The van der Waals surface area contributed by atoms with E-state index in [4.69, 9.17) is 0 Å². The first-order valence-electron chi connectivity index (χ1n) is 7.45. The largest absolute Gasteiger partial charge is 0.409 e. The Labute approximate surface area is 136 Å². The van der Waals surface area contributed by atoms with Crippen LogP contribution in [0.3, 0.4) is 0 Å². The van der Waals surface area contributed by atoms with Gasteiger partial charge in [0.05, 0.1) is 18.5 Å². The van der Waals surface area contributed by atoms with E-state index in [1.807, 2.05) is 35.2 Å². The maximum atomic E-state index is 12.3. The second-order valence-corrected chi connectivity index (χ2v) is 5.80. The Morgan fingerprint density at radius 1 is 1.21 bits per heavy atom. The summed E-state index contributed by atoms with van der Waals surface area (Å²) >= 11 is 0. The predicted octanol–water partition coefficient (Wildman–Crippen LogP) is 1.97. The van der Waals surface area contributed by atoms with Crippen LogP contribution in [0.25, 0.3) is 0 Å². The number of tetrazole rings is 1. The first kappa shape index (κ1) is 16.4. The Morgan fingerprint density at radius 2 is 1.96 bits per heavy atom. The van der Waals surface area contributed by atoms with E-state index >= 15 is 0 Å². The first-order valence-corrected chi connectivity index (χ1v) is 7.45. The summed E-state index contributed by atoms with van der Waals surface area (Å²) in [4.78, 5) is 2.52. The Bertz CT molecular complexity index is 721. The van der Waals surface area contributed by atoms with Crippen LogP contribution >= 0.6 is 0 Å². The fourth-order valence-electron chi connectivity index (χ4n) is 2.95. The molecule has 126 valence electrons. The normalized spacial score (nSPS) is 21.8. The van der Waals surface area contributed by atoms with Crippen molar-refractivity contribution >= 4 is 0 Å². The molecule has 1 aromatic heterocycles. The standard InChI is InChI=1S/C15H15F3N6/c16-15(17,18)10-24-21-14(20-22-24)9-23-7-12(6-19)13(8-23)11-4-2-1-3-5-11/h1-5,12-13H,7-10H2/t12-,13+/m1/s1. The molecule has 2 heterocycles. The molecule has 24 heavy (non-hydrogen) atoms. The molecule has 0 radical (unpaired) electrons. The van der Waals surface area contributed by atoms with Crippen molar-refractivity contribution in [3.63, 3.8) is 0 Å². The van der Waals surface area contributed by atoms with Gasteiger partial charge in [0.1, 0.15) is 0 Å². The van der Waals surface area contributed by atoms with Gasteiger partial charge in [0, 0.05) is 19.0 Å². The molecule has 0 unspecified atom stereocenters. The third kappa shape index (κ3) is 3.89. The molecule has 0 saturated carbocycles. The quantitative estimate of drug-likeness (QED) is 0.854. The van der Waals surface area contributed by atoms with Crippen molar-refractivity contribution < 1.29 is 13.2 Å². The molecule has 9 heteroatoms. The lowest BCUT2D eigenvalue weighted by atomic mass is 9.90. The van der Waals surface area contributed by atoms with Gasteiger partial charge in [-0.3, -0.25) is 4.90 Å². The number of aromatic nitrogens is 4. The molecule has 2 aromatic rings. The maximum absolute atomic E-state index is 12.3. The van der Waals surface area contributed by atoms with Crippen molar-refractivity contribution in [3.05, 3.63) is 41.7 Å². The number of nitrogens with zero attached hydrogens (tertiary/aromatic N) is 6. The number of benzene rings is 1. The van der Waals surface area contributed by atoms with E-state index in [9.17, 15) is 18.4 Å². The smallest absolute Gasteiger partial charge is 0.294 e. The van der Waals surface area contributed by atoms with Crippen molar-refractivity contribution in [1.29, 1.82) is 5.26 Å². The Kier molecular flexibility index (Phi) is 4.49. The molecular formula is C15H15F3N6. The second kappa shape index (κ2) is 6.57. The van der Waals surface area contributed by atoms with Crippen LogP contribution in [0.1, 0.15) is 17.3 Å². The van der Waals surface area contributed by atoms with Gasteiger partial charge in [0.2, 0.25) is 0 Å². The molecule has 0 bridgehead atoms. The average Bonchev–Trinajstić information content (AvgIpc) is 3.13. The number of alkyl halides is 3. The SMILES string of the molecule is N#C[C@@H]1CN(Cc2nnn(CC(F)(F)F)n2)C[C@H]1c1ccccc1. The van der Waals surface area contributed by atoms with Crippen LogP contribution in [-0.4, -0.2) is 44.4 Å². The molecular weight excluding hydrogens is 321 g/mol. The van der Waals surface area contributed by atoms with E-state index in [2.05, 4.69) is 21.5 Å². The number of rotatable bonds is 4. The minimum atomic E-state index is -4.38. The van der Waals surface area contributed by atoms with E-state index in [-0.39, 0.29) is 24.2 Å². The molecule has 0 spiro atoms. The van der Waals surface area contributed by atoms with Gasteiger partial charge in [-0.1, -0.05) is 30.3 Å². The summed E-state index contributed by atoms with van der Waals surface area (Å²) in [7, 11) is 0. The monoisotopic (exact) mass is 336 g/mol. The van der Waals surface area contributed by atoms with Crippen LogP contribution in [-0.2, 0) is 13.1 Å². The zero-order chi connectivity index (χ0) is 17.2. The van der Waals surface area contributed by atoms with Gasteiger partial charge < -0.3 is 0 Å². The lowest BCUT2D eigenvalue weighted by molar-refractivity contribution is -0.145. The average molecular weight is 336 g/mol. The Morgan fingerprint density at radius 3 is 2.62 bits per heavy atom. The zero-order valence-corrected chi connectivity index (χ0v) is 12.7. The Balaban J connectivity index is 1.66. The molecule has 1 aliphatic rings. The second-order valence-electron chi connectivity index (χ2n) is 5.80. The highest BCUT2D eigenvalue weighted by molar-refractivity contribution is 5.24. The van der Waals surface area contributed by atoms with Crippen molar-refractivity contribution in [3.8, 4) is 6.07 Å². The van der Waals surface area contributed by atoms with Gasteiger partial charge in [-0.25, -0.2) is 0 Å². The summed E-state index contributed by atoms with van der Waals surface area (Å²) in [6.07, 6.45) is -4.38. The minimum absolute atomic E-state index is 0.0708.